The van der Waals surface area contributed by atoms with Crippen LogP contribution in [-0.2, 0) is 34.9 Å². The molecule has 1 rings (SSSR count). The number of carbonyl (C=O) groups is 4. The molecule has 2 N–H and O–H groups in total. The van der Waals surface area contributed by atoms with E-state index in [2.05, 4.69) is 0 Å². The summed E-state index contributed by atoms with van der Waals surface area (Å²) in [5.74, 6) is -0.957. The van der Waals surface area contributed by atoms with Crippen molar-refractivity contribution in [3.8, 4) is 11.5 Å². The van der Waals surface area contributed by atoms with Gasteiger partial charge in [-0.05, 0) is 51.3 Å². The van der Waals surface area contributed by atoms with E-state index in [9.17, 15) is 19.2 Å². The van der Waals surface area contributed by atoms with E-state index in [1.807, 2.05) is 6.92 Å². The van der Waals surface area contributed by atoms with Gasteiger partial charge >= 0.3 is 24.4 Å². The van der Waals surface area contributed by atoms with E-state index in [1.165, 1.54) is 25.1 Å². The molecule has 1 aromatic rings. The summed E-state index contributed by atoms with van der Waals surface area (Å²) in [6.45, 7) is 6.75. The maximum atomic E-state index is 12.2. The first-order chi connectivity index (χ1) is 16.2. The van der Waals surface area contributed by atoms with Gasteiger partial charge in [0.15, 0.2) is 11.5 Å². The SMILES string of the molecule is CCCOC(=O)O[C@@H](C)COC(=O)[C@@H](N)Cc1ccc(OC(=O)OCC)c(OC(=O)OCC)c1. The predicted molar refractivity (Wildman–Crippen MR) is 117 cm³/mol. The lowest BCUT2D eigenvalue weighted by atomic mass is 10.1. The highest BCUT2D eigenvalue weighted by molar-refractivity contribution is 5.76. The summed E-state index contributed by atoms with van der Waals surface area (Å²) < 4.78 is 34.4. The van der Waals surface area contributed by atoms with Crippen LogP contribution < -0.4 is 15.2 Å². The zero-order chi connectivity index (χ0) is 25.5. The highest BCUT2D eigenvalue weighted by atomic mass is 16.7. The number of hydrogen-bond donors (Lipinski definition) is 1. The fourth-order valence-corrected chi connectivity index (χ4v) is 2.38. The van der Waals surface area contributed by atoms with Gasteiger partial charge in [-0.3, -0.25) is 4.79 Å². The molecule has 2 atom stereocenters. The Balaban J connectivity index is 2.76. The van der Waals surface area contributed by atoms with Crippen LogP contribution in [0.3, 0.4) is 0 Å². The Kier molecular flexibility index (Phi) is 12.8. The molecular formula is C22H31NO11. The van der Waals surface area contributed by atoms with Crippen LogP contribution in [0, 0.1) is 0 Å². The Morgan fingerprint density at radius 1 is 0.853 bits per heavy atom. The molecule has 0 aliphatic carbocycles. The summed E-state index contributed by atoms with van der Waals surface area (Å²) in [4.78, 5) is 47.0. The van der Waals surface area contributed by atoms with E-state index >= 15 is 0 Å². The number of carbonyl (C=O) groups excluding carboxylic acids is 4. The van der Waals surface area contributed by atoms with Crippen molar-refractivity contribution in [2.45, 2.75) is 52.7 Å². The van der Waals surface area contributed by atoms with Crippen molar-refractivity contribution in [1.82, 2.24) is 0 Å². The standard InChI is InChI=1S/C22H31NO11/c1-5-10-30-22(27)32-14(4)13-31-19(24)16(23)11-15-8-9-17(33-20(25)28-6-2)18(12-15)34-21(26)29-7-3/h8-9,12,14,16H,5-7,10-11,13,23H2,1-4H3/t14-,16-/m0/s1. The summed E-state index contributed by atoms with van der Waals surface area (Å²) in [5.41, 5.74) is 6.39. The Morgan fingerprint density at radius 3 is 2.06 bits per heavy atom. The summed E-state index contributed by atoms with van der Waals surface area (Å²) in [5, 5.41) is 0. The van der Waals surface area contributed by atoms with Gasteiger partial charge in [0.25, 0.3) is 0 Å². The third-order valence-corrected chi connectivity index (χ3v) is 3.86. The van der Waals surface area contributed by atoms with Crippen LogP contribution in [0.25, 0.3) is 0 Å². The van der Waals surface area contributed by atoms with Crippen molar-refractivity contribution in [3.63, 3.8) is 0 Å². The van der Waals surface area contributed by atoms with Gasteiger partial charge in [0.05, 0.1) is 19.8 Å². The summed E-state index contributed by atoms with van der Waals surface area (Å²) in [7, 11) is 0. The van der Waals surface area contributed by atoms with Gasteiger partial charge in [-0.25, -0.2) is 14.4 Å². The second-order valence-electron chi connectivity index (χ2n) is 6.82. The fourth-order valence-electron chi connectivity index (χ4n) is 2.38. The molecule has 0 aliphatic rings. The number of nitrogens with two attached hydrogens (primary N) is 1. The lowest BCUT2D eigenvalue weighted by Crippen LogP contribution is -2.36. The first-order valence-electron chi connectivity index (χ1n) is 10.8. The van der Waals surface area contributed by atoms with Gasteiger partial charge in [-0.2, -0.15) is 0 Å². The van der Waals surface area contributed by atoms with Crippen LogP contribution in [-0.4, -0.2) is 63.0 Å². The van der Waals surface area contributed by atoms with Gasteiger partial charge < -0.3 is 38.9 Å². The summed E-state index contributed by atoms with van der Waals surface area (Å²) >= 11 is 0. The Labute approximate surface area is 197 Å². The molecule has 0 unspecified atom stereocenters. The van der Waals surface area contributed by atoms with Crippen LogP contribution in [0.2, 0.25) is 0 Å². The molecule has 0 radical (unpaired) electrons. The minimum atomic E-state index is -1.08. The average Bonchev–Trinajstić information content (AvgIpc) is 2.78. The van der Waals surface area contributed by atoms with Crippen LogP contribution in [0.5, 0.6) is 11.5 Å². The van der Waals surface area contributed by atoms with Crippen LogP contribution in [0.15, 0.2) is 18.2 Å². The molecule has 0 heterocycles. The quantitative estimate of drug-likeness (QED) is 0.262. The highest BCUT2D eigenvalue weighted by Crippen LogP contribution is 2.30. The second-order valence-corrected chi connectivity index (χ2v) is 6.82. The summed E-state index contributed by atoms with van der Waals surface area (Å²) in [6.07, 6.45) is -2.93. The third-order valence-electron chi connectivity index (χ3n) is 3.86. The van der Waals surface area contributed by atoms with Gasteiger partial charge in [0.1, 0.15) is 18.8 Å². The van der Waals surface area contributed by atoms with E-state index in [-0.39, 0.29) is 44.3 Å². The molecule has 0 saturated carbocycles. The number of rotatable bonds is 12. The number of ether oxygens (including phenoxy) is 7. The zero-order valence-corrected chi connectivity index (χ0v) is 19.7. The lowest BCUT2D eigenvalue weighted by molar-refractivity contribution is -0.148. The maximum absolute atomic E-state index is 12.2. The van der Waals surface area contributed by atoms with E-state index in [0.29, 0.717) is 12.0 Å². The number of esters is 1. The smallest absolute Gasteiger partial charge is 0.461 e. The van der Waals surface area contributed by atoms with Gasteiger partial charge in [0.2, 0.25) is 0 Å². The molecule has 0 bridgehead atoms. The van der Waals surface area contributed by atoms with Gasteiger partial charge in [-0.1, -0.05) is 13.0 Å². The minimum Gasteiger partial charge on any atom is -0.461 e. The van der Waals surface area contributed by atoms with Gasteiger partial charge in [-0.15, -0.1) is 0 Å². The third kappa shape index (κ3) is 10.9. The molecule has 190 valence electrons. The average molecular weight is 485 g/mol. The van der Waals surface area contributed by atoms with E-state index in [4.69, 9.17) is 38.9 Å². The summed E-state index contributed by atoms with van der Waals surface area (Å²) in [6, 6.07) is 3.17. The first-order valence-corrected chi connectivity index (χ1v) is 10.8. The Hall–Kier alpha value is -3.54. The Morgan fingerprint density at radius 2 is 1.47 bits per heavy atom. The predicted octanol–water partition coefficient (Wildman–Crippen LogP) is 3.12. The molecular weight excluding hydrogens is 454 g/mol. The van der Waals surface area contributed by atoms with Crippen molar-refractivity contribution >= 4 is 24.4 Å². The van der Waals surface area contributed by atoms with E-state index in [0.717, 1.165) is 0 Å². The van der Waals surface area contributed by atoms with Crippen molar-refractivity contribution in [3.05, 3.63) is 23.8 Å². The molecule has 0 aromatic heterocycles. The molecule has 0 saturated heterocycles. The van der Waals surface area contributed by atoms with E-state index < -0.39 is 36.6 Å². The van der Waals surface area contributed by atoms with Crippen molar-refractivity contribution in [1.29, 1.82) is 0 Å². The molecule has 0 amide bonds. The second kappa shape index (κ2) is 15.3. The van der Waals surface area contributed by atoms with Gasteiger partial charge in [0, 0.05) is 0 Å². The highest BCUT2D eigenvalue weighted by Gasteiger charge is 2.21. The van der Waals surface area contributed by atoms with E-state index in [1.54, 1.807) is 13.8 Å². The zero-order valence-electron chi connectivity index (χ0n) is 19.7. The van der Waals surface area contributed by atoms with Crippen molar-refractivity contribution in [2.75, 3.05) is 26.4 Å². The van der Waals surface area contributed by atoms with Crippen LogP contribution in [0.4, 0.5) is 14.4 Å². The maximum Gasteiger partial charge on any atom is 0.513 e. The van der Waals surface area contributed by atoms with Crippen LogP contribution in [0.1, 0.15) is 39.7 Å². The van der Waals surface area contributed by atoms with Crippen molar-refractivity contribution in [2.24, 2.45) is 5.73 Å². The lowest BCUT2D eigenvalue weighted by Gasteiger charge is -2.16. The molecule has 1 aromatic carbocycles. The monoisotopic (exact) mass is 485 g/mol. The van der Waals surface area contributed by atoms with Crippen molar-refractivity contribution < 1.29 is 52.3 Å². The first kappa shape index (κ1) is 28.5. The number of benzene rings is 1. The minimum absolute atomic E-state index is 0.00544. The molecule has 0 aliphatic heterocycles. The fraction of sp³-hybridized carbons (Fsp3) is 0.545. The largest absolute Gasteiger partial charge is 0.513 e. The van der Waals surface area contributed by atoms with Crippen LogP contribution >= 0.6 is 0 Å². The molecule has 34 heavy (non-hydrogen) atoms. The molecule has 0 fully saturated rings. The molecule has 12 heteroatoms. The molecule has 0 spiro atoms. The molecule has 12 nitrogen and oxygen atoms in total. The Bertz CT molecular complexity index is 827. The topological polar surface area (TPSA) is 159 Å². The number of hydrogen-bond acceptors (Lipinski definition) is 12. The normalized spacial score (nSPS) is 12.0.